The second kappa shape index (κ2) is 10.4. The van der Waals surface area contributed by atoms with Crippen LogP contribution in [0.4, 0.5) is 17.2 Å². The van der Waals surface area contributed by atoms with Gasteiger partial charge < -0.3 is 5.73 Å². The number of benzene rings is 2. The summed E-state index contributed by atoms with van der Waals surface area (Å²) in [6.45, 7) is 3.29. The van der Waals surface area contributed by atoms with Crippen LogP contribution in [0.3, 0.4) is 0 Å². The fraction of sp³-hybridized carbons (Fsp3) is 0.0909. The van der Waals surface area contributed by atoms with E-state index < -0.39 is 15.8 Å². The van der Waals surface area contributed by atoms with Crippen LogP contribution in [0.1, 0.15) is 28.8 Å². The van der Waals surface area contributed by atoms with Crippen molar-refractivity contribution in [2.75, 3.05) is 5.73 Å². The van der Waals surface area contributed by atoms with E-state index in [1.165, 1.54) is 53.2 Å². The highest BCUT2D eigenvalue weighted by Gasteiger charge is 2.26. The molecule has 3 aromatic heterocycles. The lowest BCUT2D eigenvalue weighted by molar-refractivity contribution is -0.385. The second-order valence-corrected chi connectivity index (χ2v) is 8.33. The first-order valence-electron chi connectivity index (χ1n) is 11.5. The van der Waals surface area contributed by atoms with Gasteiger partial charge in [-0.05, 0) is 36.3 Å². The van der Waals surface area contributed by atoms with Gasteiger partial charge in [0.25, 0.3) is 17.3 Å². The Morgan fingerprint density at radius 2 is 1.66 bits per heavy atom. The van der Waals surface area contributed by atoms with E-state index in [9.17, 15) is 25.0 Å². The molecule has 19 nitrogen and oxygen atoms in total. The van der Waals surface area contributed by atoms with Crippen molar-refractivity contribution in [2.45, 2.75) is 13.8 Å². The molecule has 3 N–H and O–H groups in total. The summed E-state index contributed by atoms with van der Waals surface area (Å²) < 4.78 is 7.15. The summed E-state index contributed by atoms with van der Waals surface area (Å²) in [5, 5.41) is 49.6. The first-order valence-corrected chi connectivity index (χ1v) is 11.5. The van der Waals surface area contributed by atoms with Crippen molar-refractivity contribution >= 4 is 28.8 Å². The predicted molar refractivity (Wildman–Crippen MR) is 138 cm³/mol. The zero-order valence-electron chi connectivity index (χ0n) is 21.1. The van der Waals surface area contributed by atoms with Crippen molar-refractivity contribution < 1.29 is 19.3 Å². The maximum absolute atomic E-state index is 13.2. The molecule has 0 aliphatic carbocycles. The Balaban J connectivity index is 1.46. The molecule has 0 saturated heterocycles. The van der Waals surface area contributed by atoms with E-state index >= 15 is 0 Å². The fourth-order valence-electron chi connectivity index (χ4n) is 3.81. The van der Waals surface area contributed by atoms with Gasteiger partial charge in [0.2, 0.25) is 11.6 Å². The average molecular weight is 559 g/mol. The summed E-state index contributed by atoms with van der Waals surface area (Å²) in [6.07, 6.45) is 0. The zero-order chi connectivity index (χ0) is 29.3. The van der Waals surface area contributed by atoms with E-state index in [1.54, 1.807) is 13.8 Å². The van der Waals surface area contributed by atoms with E-state index in [2.05, 4.69) is 46.1 Å². The van der Waals surface area contributed by atoms with Gasteiger partial charge in [0.05, 0.1) is 26.9 Å². The number of nitrogens with two attached hydrogens (primary N) is 1. The molecule has 2 aromatic carbocycles. The van der Waals surface area contributed by atoms with Crippen molar-refractivity contribution in [2.24, 2.45) is 5.10 Å². The summed E-state index contributed by atoms with van der Waals surface area (Å²) in [6, 6.07) is 11.2. The van der Waals surface area contributed by atoms with Crippen molar-refractivity contribution in [3.8, 4) is 22.8 Å². The van der Waals surface area contributed by atoms with Crippen molar-refractivity contribution in [3.05, 3.63) is 85.8 Å². The third-order valence-electron chi connectivity index (χ3n) is 5.78. The Bertz CT molecular complexity index is 1840. The Hall–Kier alpha value is -6.40. The summed E-state index contributed by atoms with van der Waals surface area (Å²) in [5.41, 5.74) is 9.51. The average Bonchev–Trinajstić information content (AvgIpc) is 3.69. The van der Waals surface area contributed by atoms with Crippen LogP contribution >= 0.6 is 0 Å². The number of nitro benzene ring substituents is 2. The molecule has 0 atom stereocenters. The SMILES string of the molecule is C/C(=N/NC(=O)c1nnn(-c2nonc2N)c1-c1cccc([N+](=O)[O-])c1)c1nnn(-c2ccc([N+](=O)[O-])cc2)c1C. The highest BCUT2D eigenvalue weighted by Crippen LogP contribution is 2.29. The van der Waals surface area contributed by atoms with Crippen LogP contribution in [0.5, 0.6) is 0 Å². The molecular formula is C22H17N13O6. The van der Waals surface area contributed by atoms with Crippen LogP contribution in [0.25, 0.3) is 22.8 Å². The number of anilines is 1. The molecule has 19 heteroatoms. The molecule has 0 saturated carbocycles. The number of rotatable bonds is 8. The highest BCUT2D eigenvalue weighted by atomic mass is 16.6. The van der Waals surface area contributed by atoms with Gasteiger partial charge in [0.1, 0.15) is 11.4 Å². The lowest BCUT2D eigenvalue weighted by Crippen LogP contribution is -2.21. The largest absolute Gasteiger partial charge is 0.378 e. The smallest absolute Gasteiger partial charge is 0.294 e. The Kier molecular flexibility index (Phi) is 6.65. The molecule has 0 spiro atoms. The van der Waals surface area contributed by atoms with Crippen LogP contribution in [-0.4, -0.2) is 61.8 Å². The van der Waals surface area contributed by atoms with Gasteiger partial charge in [-0.2, -0.15) is 9.78 Å². The summed E-state index contributed by atoms with van der Waals surface area (Å²) in [7, 11) is 0. The minimum Gasteiger partial charge on any atom is -0.378 e. The molecule has 3 heterocycles. The van der Waals surface area contributed by atoms with Crippen LogP contribution in [0.15, 0.2) is 58.3 Å². The lowest BCUT2D eigenvalue weighted by atomic mass is 10.1. The van der Waals surface area contributed by atoms with Gasteiger partial charge in [-0.3, -0.25) is 25.0 Å². The van der Waals surface area contributed by atoms with Crippen LogP contribution in [-0.2, 0) is 0 Å². The maximum Gasteiger partial charge on any atom is 0.294 e. The summed E-state index contributed by atoms with van der Waals surface area (Å²) in [4.78, 5) is 34.4. The maximum atomic E-state index is 13.2. The highest BCUT2D eigenvalue weighted by molar-refractivity contribution is 6.01. The molecule has 0 bridgehead atoms. The number of amides is 1. The third kappa shape index (κ3) is 4.92. The van der Waals surface area contributed by atoms with Crippen LogP contribution < -0.4 is 11.2 Å². The number of hydrazone groups is 1. The number of aromatic nitrogens is 8. The molecule has 5 aromatic rings. The van der Waals surface area contributed by atoms with Crippen LogP contribution in [0.2, 0.25) is 0 Å². The number of nitrogens with zero attached hydrogens (tertiary/aromatic N) is 11. The van der Waals surface area contributed by atoms with E-state index in [4.69, 9.17) is 5.73 Å². The standard InChI is InChI=1S/C22H17N13O6/c1-11(17-12(2)32(30-25-17)14-6-8-15(9-7-14)34(37)38)24-27-22(36)18-19(13-4-3-5-16(10-13)35(39)40)33(31-26-18)21-20(23)28-41-29-21/h3-10H,1-2H3,(H2,23,28)(H,27,36)/b24-11-. The van der Waals surface area contributed by atoms with E-state index in [0.29, 0.717) is 17.1 Å². The molecule has 5 rings (SSSR count). The topological polar surface area (TPSA) is 254 Å². The van der Waals surface area contributed by atoms with Gasteiger partial charge >= 0.3 is 0 Å². The van der Waals surface area contributed by atoms with Gasteiger partial charge in [0.15, 0.2) is 5.69 Å². The number of nitro groups is 2. The molecule has 0 aliphatic heterocycles. The first-order chi connectivity index (χ1) is 19.7. The van der Waals surface area contributed by atoms with Crippen molar-refractivity contribution in [1.29, 1.82) is 0 Å². The minimum absolute atomic E-state index is 0.0155. The second-order valence-electron chi connectivity index (χ2n) is 8.33. The minimum atomic E-state index is -0.812. The number of hydrogen-bond acceptors (Lipinski definition) is 14. The van der Waals surface area contributed by atoms with Gasteiger partial charge in [-0.25, -0.2) is 14.7 Å². The van der Waals surface area contributed by atoms with Crippen molar-refractivity contribution in [3.63, 3.8) is 0 Å². The lowest BCUT2D eigenvalue weighted by Gasteiger charge is -2.06. The van der Waals surface area contributed by atoms with Gasteiger partial charge in [-0.15, -0.1) is 10.2 Å². The molecule has 206 valence electrons. The predicted octanol–water partition coefficient (Wildman–Crippen LogP) is 1.76. The Labute approximate surface area is 227 Å². The normalized spacial score (nSPS) is 11.4. The molecule has 0 fully saturated rings. The van der Waals surface area contributed by atoms with E-state index in [0.717, 1.165) is 4.68 Å². The van der Waals surface area contributed by atoms with Gasteiger partial charge in [0, 0.05) is 29.8 Å². The summed E-state index contributed by atoms with van der Waals surface area (Å²) >= 11 is 0. The Morgan fingerprint density at radius 1 is 0.976 bits per heavy atom. The van der Waals surface area contributed by atoms with Crippen molar-refractivity contribution in [1.82, 2.24) is 45.7 Å². The molecular weight excluding hydrogens is 542 g/mol. The third-order valence-corrected chi connectivity index (χ3v) is 5.78. The molecule has 0 radical (unpaired) electrons. The number of carbonyl (C=O) groups excluding carboxylic acids is 1. The van der Waals surface area contributed by atoms with E-state index in [1.807, 2.05) is 0 Å². The number of nitrogens with one attached hydrogen (secondary N) is 1. The molecule has 0 unspecified atom stereocenters. The monoisotopic (exact) mass is 559 g/mol. The fourth-order valence-corrected chi connectivity index (χ4v) is 3.81. The van der Waals surface area contributed by atoms with Crippen LogP contribution in [0, 0.1) is 27.2 Å². The number of non-ortho nitro benzene ring substituents is 2. The Morgan fingerprint density at radius 3 is 2.32 bits per heavy atom. The number of carbonyl (C=O) groups is 1. The number of nitrogen functional groups attached to an aromatic ring is 1. The molecule has 1 amide bonds. The molecule has 0 aliphatic rings. The number of hydrogen-bond donors (Lipinski definition) is 2. The molecule has 41 heavy (non-hydrogen) atoms. The van der Waals surface area contributed by atoms with E-state index in [-0.39, 0.29) is 45.7 Å². The zero-order valence-corrected chi connectivity index (χ0v) is 21.1. The quantitative estimate of drug-likeness (QED) is 0.156. The summed E-state index contributed by atoms with van der Waals surface area (Å²) in [5.74, 6) is -1.06. The first kappa shape index (κ1) is 26.2. The van der Waals surface area contributed by atoms with Gasteiger partial charge in [-0.1, -0.05) is 22.6 Å².